The second-order valence-electron chi connectivity index (χ2n) is 2.29. The zero-order valence-corrected chi connectivity index (χ0v) is 7.80. The molecule has 0 bridgehead atoms. The first-order valence-corrected chi connectivity index (χ1v) is 4.87. The van der Waals surface area contributed by atoms with Gasteiger partial charge in [0.25, 0.3) is 0 Å². The summed E-state index contributed by atoms with van der Waals surface area (Å²) in [5, 5.41) is 2.14. The van der Waals surface area contributed by atoms with Crippen molar-refractivity contribution in [1.29, 1.82) is 0 Å². The quantitative estimate of drug-likeness (QED) is 0.651. The van der Waals surface area contributed by atoms with E-state index in [0.29, 0.717) is 0 Å². The van der Waals surface area contributed by atoms with Gasteiger partial charge in [-0.05, 0) is 15.9 Å². The average Bonchev–Trinajstić information content (AvgIpc) is 2.34. The minimum absolute atomic E-state index is 0.791. The van der Waals surface area contributed by atoms with Crippen molar-refractivity contribution >= 4 is 27.3 Å². The van der Waals surface area contributed by atoms with E-state index in [0.717, 1.165) is 19.6 Å². The summed E-state index contributed by atoms with van der Waals surface area (Å²) in [5.74, 6) is 0. The van der Waals surface area contributed by atoms with Gasteiger partial charge in [-0.2, -0.15) is 0 Å². The van der Waals surface area contributed by atoms with E-state index in [2.05, 4.69) is 21.3 Å². The number of rotatable bonds is 0. The van der Waals surface area contributed by atoms with Crippen molar-refractivity contribution in [1.82, 2.24) is 0 Å². The predicted octanol–water partition coefficient (Wildman–Crippen LogP) is 2.58. The van der Waals surface area contributed by atoms with E-state index in [1.54, 1.807) is 0 Å². The molecule has 0 N–H and O–H groups in total. The molecule has 2 rings (SSSR count). The van der Waals surface area contributed by atoms with E-state index in [1.165, 1.54) is 14.9 Å². The fraction of sp³-hybridized carbons (Fsp3) is 0.429. The Kier molecular flexibility index (Phi) is 1.80. The molecule has 2 heterocycles. The molecule has 0 atom stereocenters. The Bertz CT molecular complexity index is 244. The summed E-state index contributed by atoms with van der Waals surface area (Å²) < 4.78 is 6.53. The highest BCUT2D eigenvalue weighted by Gasteiger charge is 2.13. The third kappa shape index (κ3) is 1.02. The molecule has 1 aliphatic heterocycles. The molecule has 1 aliphatic rings. The largest absolute Gasteiger partial charge is 0.376 e. The molecule has 0 aromatic carbocycles. The van der Waals surface area contributed by atoms with E-state index in [-0.39, 0.29) is 0 Å². The van der Waals surface area contributed by atoms with Crippen molar-refractivity contribution in [2.45, 2.75) is 13.0 Å². The number of hydrogen-bond donors (Lipinski definition) is 0. The number of hydrogen-bond acceptors (Lipinski definition) is 2. The molecule has 0 radical (unpaired) electrons. The maximum atomic E-state index is 5.31. The van der Waals surface area contributed by atoms with Crippen LogP contribution >= 0.6 is 27.3 Å². The topological polar surface area (TPSA) is 9.23 Å². The fourth-order valence-corrected chi connectivity index (χ4v) is 2.76. The summed E-state index contributed by atoms with van der Waals surface area (Å²) in [6, 6.07) is 0. The molecule has 1 aromatic rings. The van der Waals surface area contributed by atoms with Gasteiger partial charge in [0.2, 0.25) is 0 Å². The van der Waals surface area contributed by atoms with Gasteiger partial charge in [0.1, 0.15) is 0 Å². The van der Waals surface area contributed by atoms with Crippen LogP contribution < -0.4 is 0 Å². The van der Waals surface area contributed by atoms with Crippen molar-refractivity contribution in [3.8, 4) is 0 Å². The highest BCUT2D eigenvalue weighted by Crippen LogP contribution is 2.30. The third-order valence-corrected chi connectivity index (χ3v) is 3.75. The van der Waals surface area contributed by atoms with Crippen LogP contribution in [0.2, 0.25) is 0 Å². The summed E-state index contributed by atoms with van der Waals surface area (Å²) in [4.78, 5) is 1.48. The van der Waals surface area contributed by atoms with Gasteiger partial charge in [-0.3, -0.25) is 0 Å². The van der Waals surface area contributed by atoms with Crippen LogP contribution in [0, 0.1) is 0 Å². The van der Waals surface area contributed by atoms with Gasteiger partial charge in [0.15, 0.2) is 0 Å². The van der Waals surface area contributed by atoms with E-state index in [1.807, 2.05) is 11.3 Å². The number of fused-ring (bicyclic) bond motifs is 1. The monoisotopic (exact) mass is 218 g/mol. The SMILES string of the molecule is Brc1csc2c1COCC2. The van der Waals surface area contributed by atoms with Crippen LogP contribution in [-0.2, 0) is 17.8 Å². The maximum absolute atomic E-state index is 5.31. The van der Waals surface area contributed by atoms with Crippen molar-refractivity contribution in [3.63, 3.8) is 0 Å². The van der Waals surface area contributed by atoms with E-state index < -0.39 is 0 Å². The molecule has 0 saturated carbocycles. The van der Waals surface area contributed by atoms with Crippen molar-refractivity contribution in [2.75, 3.05) is 6.61 Å². The lowest BCUT2D eigenvalue weighted by Crippen LogP contribution is -2.06. The second kappa shape index (κ2) is 2.64. The Hall–Kier alpha value is 0.140. The van der Waals surface area contributed by atoms with Gasteiger partial charge in [-0.15, -0.1) is 11.3 Å². The van der Waals surface area contributed by atoms with Crippen LogP contribution in [0.3, 0.4) is 0 Å². The van der Waals surface area contributed by atoms with Crippen LogP contribution in [0.5, 0.6) is 0 Å². The van der Waals surface area contributed by atoms with Crippen LogP contribution in [-0.4, -0.2) is 6.61 Å². The van der Waals surface area contributed by atoms with Gasteiger partial charge in [0, 0.05) is 26.7 Å². The molecule has 54 valence electrons. The summed E-state index contributed by atoms with van der Waals surface area (Å²) in [6.07, 6.45) is 1.09. The molecule has 0 spiro atoms. The van der Waals surface area contributed by atoms with Crippen molar-refractivity contribution in [3.05, 3.63) is 20.3 Å². The van der Waals surface area contributed by atoms with E-state index in [4.69, 9.17) is 4.74 Å². The predicted molar refractivity (Wildman–Crippen MR) is 45.4 cm³/mol. The number of thiophene rings is 1. The van der Waals surface area contributed by atoms with Crippen LogP contribution in [0.15, 0.2) is 9.85 Å². The van der Waals surface area contributed by atoms with Crippen LogP contribution in [0.4, 0.5) is 0 Å². The van der Waals surface area contributed by atoms with Gasteiger partial charge in [0.05, 0.1) is 13.2 Å². The molecule has 10 heavy (non-hydrogen) atoms. The first kappa shape index (κ1) is 6.83. The molecular formula is C7H7BrOS. The summed E-state index contributed by atoms with van der Waals surface area (Å²) >= 11 is 5.31. The lowest BCUT2D eigenvalue weighted by molar-refractivity contribution is 0.112. The maximum Gasteiger partial charge on any atom is 0.0738 e. The molecule has 0 fully saturated rings. The van der Waals surface area contributed by atoms with E-state index in [9.17, 15) is 0 Å². The highest BCUT2D eigenvalue weighted by atomic mass is 79.9. The molecule has 0 saturated heterocycles. The number of ether oxygens (including phenoxy) is 1. The average molecular weight is 219 g/mol. The van der Waals surface area contributed by atoms with E-state index >= 15 is 0 Å². The zero-order chi connectivity index (χ0) is 6.97. The second-order valence-corrected chi connectivity index (χ2v) is 4.11. The Morgan fingerprint density at radius 2 is 2.50 bits per heavy atom. The Labute approximate surface area is 72.1 Å². The molecule has 1 aromatic heterocycles. The smallest absolute Gasteiger partial charge is 0.0738 e. The molecular weight excluding hydrogens is 212 g/mol. The lowest BCUT2D eigenvalue weighted by Gasteiger charge is -2.11. The summed E-state index contributed by atoms with van der Waals surface area (Å²) in [7, 11) is 0. The lowest BCUT2D eigenvalue weighted by atomic mass is 10.2. The van der Waals surface area contributed by atoms with Gasteiger partial charge in [-0.1, -0.05) is 0 Å². The van der Waals surface area contributed by atoms with Crippen molar-refractivity contribution in [2.24, 2.45) is 0 Å². The molecule has 3 heteroatoms. The standard InChI is InChI=1S/C7H7BrOS/c8-6-4-10-7-1-2-9-3-5(6)7/h4H,1-3H2. The number of halogens is 1. The van der Waals surface area contributed by atoms with Crippen molar-refractivity contribution < 1.29 is 4.74 Å². The first-order valence-electron chi connectivity index (χ1n) is 3.20. The molecule has 0 amide bonds. The summed E-state index contributed by atoms with van der Waals surface area (Å²) in [6.45, 7) is 1.68. The summed E-state index contributed by atoms with van der Waals surface area (Å²) in [5.41, 5.74) is 1.36. The first-order chi connectivity index (χ1) is 4.88. The Morgan fingerprint density at radius 3 is 3.30 bits per heavy atom. The fourth-order valence-electron chi connectivity index (χ4n) is 1.10. The molecule has 0 aliphatic carbocycles. The minimum atomic E-state index is 0.791. The minimum Gasteiger partial charge on any atom is -0.376 e. The third-order valence-electron chi connectivity index (χ3n) is 1.65. The zero-order valence-electron chi connectivity index (χ0n) is 5.39. The van der Waals surface area contributed by atoms with Gasteiger partial charge >= 0.3 is 0 Å². The Morgan fingerprint density at radius 1 is 1.60 bits per heavy atom. The van der Waals surface area contributed by atoms with Crippen LogP contribution in [0.25, 0.3) is 0 Å². The molecule has 0 unspecified atom stereocenters. The van der Waals surface area contributed by atoms with Gasteiger partial charge in [-0.25, -0.2) is 0 Å². The molecule has 1 nitrogen and oxygen atoms in total. The Balaban J connectivity index is 2.45. The highest BCUT2D eigenvalue weighted by molar-refractivity contribution is 9.10. The van der Waals surface area contributed by atoms with Crippen LogP contribution in [0.1, 0.15) is 10.4 Å². The van der Waals surface area contributed by atoms with Gasteiger partial charge < -0.3 is 4.74 Å². The normalized spacial score (nSPS) is 16.9.